The summed E-state index contributed by atoms with van der Waals surface area (Å²) in [5.41, 5.74) is -1.53. The Kier molecular flexibility index (Phi) is 4.21. The van der Waals surface area contributed by atoms with Gasteiger partial charge in [-0.1, -0.05) is 0 Å². The maximum atomic E-state index is 12.6. The SMILES string of the molecule is CC(O)(CO)CNS(=O)(=O)c1ccc(F)cc1. The maximum absolute atomic E-state index is 12.6. The molecule has 1 aromatic rings. The summed E-state index contributed by atoms with van der Waals surface area (Å²) in [6, 6.07) is 4.29. The highest BCUT2D eigenvalue weighted by molar-refractivity contribution is 7.89. The van der Waals surface area contributed by atoms with Crippen LogP contribution < -0.4 is 4.72 Å². The Morgan fingerprint density at radius 2 is 1.88 bits per heavy atom. The molecule has 0 heterocycles. The standard InChI is InChI=1S/C10H14FNO4S/c1-10(14,7-13)6-12-17(15,16)9-4-2-8(11)3-5-9/h2-5,12-14H,6-7H2,1H3. The molecule has 0 aliphatic rings. The molecule has 0 saturated heterocycles. The van der Waals surface area contributed by atoms with E-state index in [0.717, 1.165) is 24.3 Å². The number of benzene rings is 1. The molecule has 0 bridgehead atoms. The normalized spacial score (nSPS) is 15.5. The van der Waals surface area contributed by atoms with Crippen LogP contribution in [0.15, 0.2) is 29.2 Å². The number of hydrogen-bond acceptors (Lipinski definition) is 4. The third kappa shape index (κ3) is 4.04. The number of sulfonamides is 1. The second-order valence-corrected chi connectivity index (χ2v) is 5.70. The van der Waals surface area contributed by atoms with Crippen molar-refractivity contribution in [1.29, 1.82) is 0 Å². The van der Waals surface area contributed by atoms with Gasteiger partial charge in [0.05, 0.1) is 17.1 Å². The first-order valence-electron chi connectivity index (χ1n) is 4.85. The minimum Gasteiger partial charge on any atom is -0.393 e. The monoisotopic (exact) mass is 263 g/mol. The Labute approximate surface area is 99.0 Å². The fourth-order valence-electron chi connectivity index (χ4n) is 1.00. The van der Waals surface area contributed by atoms with Crippen LogP contribution >= 0.6 is 0 Å². The average molecular weight is 263 g/mol. The Balaban J connectivity index is 2.79. The van der Waals surface area contributed by atoms with Crippen molar-refractivity contribution in [3.8, 4) is 0 Å². The van der Waals surface area contributed by atoms with Crippen LogP contribution in [0.4, 0.5) is 4.39 Å². The molecule has 0 aromatic heterocycles. The molecule has 1 atom stereocenters. The number of aliphatic hydroxyl groups excluding tert-OH is 1. The largest absolute Gasteiger partial charge is 0.393 e. The van der Waals surface area contributed by atoms with Crippen LogP contribution in [-0.4, -0.2) is 37.4 Å². The average Bonchev–Trinajstić information content (AvgIpc) is 2.27. The van der Waals surface area contributed by atoms with Gasteiger partial charge in [-0.05, 0) is 31.2 Å². The smallest absolute Gasteiger partial charge is 0.240 e. The van der Waals surface area contributed by atoms with E-state index in [2.05, 4.69) is 4.72 Å². The summed E-state index contributed by atoms with van der Waals surface area (Å²) in [5, 5.41) is 18.2. The number of hydrogen-bond donors (Lipinski definition) is 3. The second-order valence-electron chi connectivity index (χ2n) is 3.93. The Morgan fingerprint density at radius 3 is 2.35 bits per heavy atom. The maximum Gasteiger partial charge on any atom is 0.240 e. The van der Waals surface area contributed by atoms with Gasteiger partial charge in [0.25, 0.3) is 0 Å². The fraction of sp³-hybridized carbons (Fsp3) is 0.400. The molecule has 0 aliphatic carbocycles. The number of rotatable bonds is 5. The number of aliphatic hydroxyl groups is 2. The van der Waals surface area contributed by atoms with E-state index in [4.69, 9.17) is 5.11 Å². The van der Waals surface area contributed by atoms with E-state index in [1.54, 1.807) is 0 Å². The van der Waals surface area contributed by atoms with Gasteiger partial charge in [-0.3, -0.25) is 0 Å². The predicted molar refractivity (Wildman–Crippen MR) is 59.3 cm³/mol. The van der Waals surface area contributed by atoms with Gasteiger partial charge in [0.15, 0.2) is 0 Å². The molecule has 7 heteroatoms. The molecule has 17 heavy (non-hydrogen) atoms. The lowest BCUT2D eigenvalue weighted by Gasteiger charge is -2.20. The van der Waals surface area contributed by atoms with E-state index in [0.29, 0.717) is 0 Å². The first kappa shape index (κ1) is 14.0. The first-order chi connectivity index (χ1) is 7.77. The fourth-order valence-corrected chi connectivity index (χ4v) is 2.17. The quantitative estimate of drug-likeness (QED) is 0.689. The molecular formula is C10H14FNO4S. The van der Waals surface area contributed by atoms with Gasteiger partial charge in [0, 0.05) is 6.54 Å². The van der Waals surface area contributed by atoms with Crippen LogP contribution in [0.2, 0.25) is 0 Å². The topological polar surface area (TPSA) is 86.6 Å². The Bertz CT molecular complexity index is 470. The van der Waals surface area contributed by atoms with Crippen LogP contribution in [0.25, 0.3) is 0 Å². The lowest BCUT2D eigenvalue weighted by Crippen LogP contribution is -2.43. The van der Waals surface area contributed by atoms with Crippen LogP contribution in [0.5, 0.6) is 0 Å². The van der Waals surface area contributed by atoms with Crippen molar-refractivity contribution in [1.82, 2.24) is 4.72 Å². The highest BCUT2D eigenvalue weighted by atomic mass is 32.2. The molecule has 1 unspecified atom stereocenters. The van der Waals surface area contributed by atoms with E-state index in [1.165, 1.54) is 6.92 Å². The van der Waals surface area contributed by atoms with Gasteiger partial charge >= 0.3 is 0 Å². The van der Waals surface area contributed by atoms with E-state index in [1.807, 2.05) is 0 Å². The minimum atomic E-state index is -3.81. The van der Waals surface area contributed by atoms with E-state index < -0.39 is 28.0 Å². The van der Waals surface area contributed by atoms with Gasteiger partial charge in [0.2, 0.25) is 10.0 Å². The molecule has 1 rings (SSSR count). The molecule has 1 aromatic carbocycles. The van der Waals surface area contributed by atoms with Crippen LogP contribution in [0.1, 0.15) is 6.92 Å². The molecule has 96 valence electrons. The second kappa shape index (κ2) is 5.09. The van der Waals surface area contributed by atoms with Crippen molar-refractivity contribution in [2.75, 3.05) is 13.2 Å². The summed E-state index contributed by atoms with van der Waals surface area (Å²) in [5.74, 6) is -0.536. The van der Waals surface area contributed by atoms with Crippen LogP contribution in [0.3, 0.4) is 0 Å². The summed E-state index contributed by atoms with van der Waals surface area (Å²) < 4.78 is 38.1. The van der Waals surface area contributed by atoms with Gasteiger partial charge in [-0.15, -0.1) is 0 Å². The van der Waals surface area contributed by atoms with Gasteiger partial charge in [-0.2, -0.15) is 0 Å². The van der Waals surface area contributed by atoms with Crippen molar-refractivity contribution in [3.63, 3.8) is 0 Å². The number of nitrogens with one attached hydrogen (secondary N) is 1. The highest BCUT2D eigenvalue weighted by Crippen LogP contribution is 2.10. The Morgan fingerprint density at radius 1 is 1.35 bits per heavy atom. The molecule has 0 fully saturated rings. The zero-order valence-electron chi connectivity index (χ0n) is 9.22. The van der Waals surface area contributed by atoms with Crippen molar-refractivity contribution >= 4 is 10.0 Å². The van der Waals surface area contributed by atoms with Gasteiger partial charge in [0.1, 0.15) is 5.82 Å². The van der Waals surface area contributed by atoms with Gasteiger partial charge in [-0.25, -0.2) is 17.5 Å². The molecule has 0 spiro atoms. The summed E-state index contributed by atoms with van der Waals surface area (Å²) in [6.07, 6.45) is 0. The third-order valence-electron chi connectivity index (χ3n) is 2.11. The van der Waals surface area contributed by atoms with Crippen LogP contribution in [0, 0.1) is 5.82 Å². The third-order valence-corrected chi connectivity index (χ3v) is 3.52. The predicted octanol–water partition coefficient (Wildman–Crippen LogP) is -0.153. The van der Waals surface area contributed by atoms with E-state index >= 15 is 0 Å². The highest BCUT2D eigenvalue weighted by Gasteiger charge is 2.23. The Hall–Kier alpha value is -1.02. The lowest BCUT2D eigenvalue weighted by atomic mass is 10.1. The molecule has 0 amide bonds. The minimum absolute atomic E-state index is 0.104. The van der Waals surface area contributed by atoms with Crippen molar-refractivity contribution < 1.29 is 23.0 Å². The molecule has 0 aliphatic heterocycles. The zero-order valence-corrected chi connectivity index (χ0v) is 10.0. The van der Waals surface area contributed by atoms with E-state index in [-0.39, 0.29) is 11.4 Å². The molecule has 3 N–H and O–H groups in total. The lowest BCUT2D eigenvalue weighted by molar-refractivity contribution is 0.00681. The summed E-state index contributed by atoms with van der Waals surface area (Å²) in [6.45, 7) is 0.391. The number of halogens is 1. The van der Waals surface area contributed by atoms with E-state index in [9.17, 15) is 17.9 Å². The first-order valence-corrected chi connectivity index (χ1v) is 6.34. The van der Waals surface area contributed by atoms with Crippen molar-refractivity contribution in [2.24, 2.45) is 0 Å². The van der Waals surface area contributed by atoms with Crippen molar-refractivity contribution in [3.05, 3.63) is 30.1 Å². The molecule has 5 nitrogen and oxygen atoms in total. The summed E-state index contributed by atoms with van der Waals surface area (Å²) >= 11 is 0. The zero-order chi connectivity index (χ0) is 13.1. The van der Waals surface area contributed by atoms with Crippen molar-refractivity contribution in [2.45, 2.75) is 17.4 Å². The summed E-state index contributed by atoms with van der Waals surface area (Å²) in [4.78, 5) is -0.104. The molecular weight excluding hydrogens is 249 g/mol. The molecule has 0 radical (unpaired) electrons. The van der Waals surface area contributed by atoms with Crippen LogP contribution in [-0.2, 0) is 10.0 Å². The molecule has 0 saturated carbocycles. The summed E-state index contributed by atoms with van der Waals surface area (Å²) in [7, 11) is -3.81. The van der Waals surface area contributed by atoms with Gasteiger partial charge < -0.3 is 10.2 Å².